The minimum atomic E-state index is -0.632. The van der Waals surface area contributed by atoms with Crippen LogP contribution < -0.4 is 9.47 Å². The van der Waals surface area contributed by atoms with E-state index < -0.39 is 10.8 Å². The minimum absolute atomic E-state index is 0.221. The van der Waals surface area contributed by atoms with Gasteiger partial charge in [0.25, 0.3) is 0 Å². The van der Waals surface area contributed by atoms with Crippen LogP contribution in [0.2, 0.25) is 0 Å². The van der Waals surface area contributed by atoms with Gasteiger partial charge in [0.05, 0.1) is 10.8 Å². The Kier molecular flexibility index (Phi) is 8.44. The summed E-state index contributed by atoms with van der Waals surface area (Å²) in [7, 11) is 0. The molecule has 8 aromatic rings. The number of phenols is 4. The van der Waals surface area contributed by atoms with E-state index in [0.29, 0.717) is 0 Å². The van der Waals surface area contributed by atoms with Crippen molar-refractivity contribution in [2.45, 2.75) is 10.8 Å². The maximum atomic E-state index is 9.88. The Hall–Kier alpha value is -7.44. The van der Waals surface area contributed by atoms with Gasteiger partial charge in [0.2, 0.25) is 0 Å². The molecule has 0 aromatic heterocycles. The van der Waals surface area contributed by atoms with Gasteiger partial charge in [0.1, 0.15) is 46.0 Å². The van der Waals surface area contributed by atoms with E-state index >= 15 is 0 Å². The van der Waals surface area contributed by atoms with Gasteiger partial charge in [-0.1, -0.05) is 121 Å². The molecule has 2 aliphatic heterocycles. The molecular weight excluding hydrogens is 697 g/mol. The molecule has 0 saturated heterocycles. The summed E-state index contributed by atoms with van der Waals surface area (Å²) in [6.07, 6.45) is 0. The monoisotopic (exact) mass is 732 g/mol. The van der Waals surface area contributed by atoms with Crippen molar-refractivity contribution in [1.82, 2.24) is 0 Å². The SMILES string of the molecule is Oc1ccc(C2(c3ccc(O)cc3)c3ccccc3Oc3ccccc32)cc1.Oc1ccc(C2(c3ccc(O)cc3)c3ccccc3Oc3ccccc32)cc1. The molecule has 0 atom stereocenters. The molecular formula is C50H36O6. The van der Waals surface area contributed by atoms with Crippen molar-refractivity contribution in [2.75, 3.05) is 0 Å². The van der Waals surface area contributed by atoms with Crippen molar-refractivity contribution >= 4 is 0 Å². The topological polar surface area (TPSA) is 99.4 Å². The maximum absolute atomic E-state index is 9.88. The molecule has 0 bridgehead atoms. The first-order valence-electron chi connectivity index (χ1n) is 18.3. The molecule has 0 spiro atoms. The second-order valence-electron chi connectivity index (χ2n) is 13.9. The van der Waals surface area contributed by atoms with Gasteiger partial charge in [-0.2, -0.15) is 0 Å². The van der Waals surface area contributed by atoms with Crippen LogP contribution in [-0.4, -0.2) is 20.4 Å². The molecule has 10 rings (SSSR count). The van der Waals surface area contributed by atoms with Gasteiger partial charge in [0, 0.05) is 22.3 Å². The number of hydrogen-bond acceptors (Lipinski definition) is 6. The van der Waals surface area contributed by atoms with Gasteiger partial charge >= 0.3 is 0 Å². The lowest BCUT2D eigenvalue weighted by molar-refractivity contribution is 0.433. The molecule has 56 heavy (non-hydrogen) atoms. The molecule has 4 N–H and O–H groups in total. The van der Waals surface area contributed by atoms with Crippen LogP contribution in [-0.2, 0) is 10.8 Å². The zero-order valence-corrected chi connectivity index (χ0v) is 30.1. The second-order valence-corrected chi connectivity index (χ2v) is 13.9. The summed E-state index contributed by atoms with van der Waals surface area (Å²) in [5.41, 5.74) is 6.86. The van der Waals surface area contributed by atoms with Crippen LogP contribution in [0.4, 0.5) is 0 Å². The fraction of sp³-hybridized carbons (Fsp3) is 0.0400. The van der Waals surface area contributed by atoms with Crippen LogP contribution in [0.1, 0.15) is 44.5 Å². The molecule has 2 heterocycles. The number of fused-ring (bicyclic) bond motifs is 4. The van der Waals surface area contributed by atoms with Crippen molar-refractivity contribution < 1.29 is 29.9 Å². The number of phenolic OH excluding ortho intramolecular Hbond substituents is 4. The Morgan fingerprint density at radius 2 is 0.446 bits per heavy atom. The smallest absolute Gasteiger partial charge is 0.132 e. The molecule has 6 nitrogen and oxygen atoms in total. The fourth-order valence-electron chi connectivity index (χ4n) is 8.41. The van der Waals surface area contributed by atoms with Crippen LogP contribution in [0, 0.1) is 0 Å². The van der Waals surface area contributed by atoms with Gasteiger partial charge in [-0.05, 0) is 95.1 Å². The van der Waals surface area contributed by atoms with Crippen LogP contribution in [0.3, 0.4) is 0 Å². The summed E-state index contributed by atoms with van der Waals surface area (Å²) in [5, 5.41) is 39.5. The predicted molar refractivity (Wildman–Crippen MR) is 216 cm³/mol. The van der Waals surface area contributed by atoms with E-state index in [4.69, 9.17) is 9.47 Å². The Morgan fingerprint density at radius 3 is 0.661 bits per heavy atom. The lowest BCUT2D eigenvalue weighted by Gasteiger charge is -2.41. The molecule has 0 radical (unpaired) electrons. The third kappa shape index (κ3) is 5.50. The first-order valence-corrected chi connectivity index (χ1v) is 18.3. The highest BCUT2D eigenvalue weighted by molar-refractivity contribution is 5.71. The number of para-hydroxylation sites is 4. The number of ether oxygens (including phenoxy) is 2. The van der Waals surface area contributed by atoms with E-state index in [1.165, 1.54) is 0 Å². The first kappa shape index (κ1) is 34.3. The summed E-state index contributed by atoms with van der Waals surface area (Å²) in [6.45, 7) is 0. The average Bonchev–Trinajstić information content (AvgIpc) is 3.24. The maximum Gasteiger partial charge on any atom is 0.132 e. The third-order valence-electron chi connectivity index (χ3n) is 10.8. The standard InChI is InChI=1S/2C25H18O3/c2*26-19-13-9-17(10-14-19)25(18-11-15-20(27)16-12-18)21-5-1-3-7-23(21)28-24-8-4-2-6-22(24)25/h2*1-16,26-27H. The third-order valence-corrected chi connectivity index (χ3v) is 10.8. The predicted octanol–water partition coefficient (Wildman–Crippen LogP) is 11.2. The number of hydrogen-bond donors (Lipinski definition) is 4. The van der Waals surface area contributed by atoms with Gasteiger partial charge in [-0.15, -0.1) is 0 Å². The zero-order valence-electron chi connectivity index (χ0n) is 30.1. The number of benzene rings is 8. The Labute approximate surface area is 324 Å². The molecule has 8 aromatic carbocycles. The zero-order chi connectivity index (χ0) is 38.3. The van der Waals surface area contributed by atoms with Crippen LogP contribution in [0.15, 0.2) is 194 Å². The van der Waals surface area contributed by atoms with Crippen LogP contribution in [0.5, 0.6) is 46.0 Å². The second kappa shape index (κ2) is 13.8. The highest BCUT2D eigenvalue weighted by atomic mass is 16.5. The number of aromatic hydroxyl groups is 4. The van der Waals surface area contributed by atoms with Gasteiger partial charge in [-0.25, -0.2) is 0 Å². The van der Waals surface area contributed by atoms with E-state index in [9.17, 15) is 20.4 Å². The molecule has 0 fully saturated rings. The lowest BCUT2D eigenvalue weighted by atomic mass is 9.63. The normalized spacial score (nSPS) is 13.9. The summed E-state index contributed by atoms with van der Waals surface area (Å²) >= 11 is 0. The van der Waals surface area contributed by atoms with E-state index in [-0.39, 0.29) is 23.0 Å². The van der Waals surface area contributed by atoms with Gasteiger partial charge < -0.3 is 29.9 Å². The van der Waals surface area contributed by atoms with Crippen molar-refractivity contribution in [2.24, 2.45) is 0 Å². The van der Waals surface area contributed by atoms with E-state index in [0.717, 1.165) is 67.5 Å². The van der Waals surface area contributed by atoms with E-state index in [1.54, 1.807) is 48.5 Å². The Balaban J connectivity index is 0.000000146. The quantitative estimate of drug-likeness (QED) is 0.144. The fourth-order valence-corrected chi connectivity index (χ4v) is 8.41. The van der Waals surface area contributed by atoms with E-state index in [2.05, 4.69) is 24.3 Å². The Morgan fingerprint density at radius 1 is 0.250 bits per heavy atom. The van der Waals surface area contributed by atoms with E-state index in [1.807, 2.05) is 121 Å². The largest absolute Gasteiger partial charge is 0.508 e. The molecule has 0 unspecified atom stereocenters. The summed E-state index contributed by atoms with van der Waals surface area (Å²) in [6, 6.07) is 61.3. The highest BCUT2D eigenvalue weighted by Gasteiger charge is 2.46. The van der Waals surface area contributed by atoms with Crippen molar-refractivity contribution in [3.63, 3.8) is 0 Å². The van der Waals surface area contributed by atoms with Gasteiger partial charge in [0.15, 0.2) is 0 Å². The molecule has 0 saturated carbocycles. The Bertz CT molecular complexity index is 2290. The first-order chi connectivity index (χ1) is 27.4. The van der Waals surface area contributed by atoms with Crippen molar-refractivity contribution in [1.29, 1.82) is 0 Å². The molecule has 0 amide bonds. The van der Waals surface area contributed by atoms with Crippen molar-refractivity contribution in [3.8, 4) is 46.0 Å². The molecule has 272 valence electrons. The summed E-state index contributed by atoms with van der Waals surface area (Å²) in [4.78, 5) is 0. The van der Waals surface area contributed by atoms with Gasteiger partial charge in [-0.3, -0.25) is 0 Å². The minimum Gasteiger partial charge on any atom is -0.508 e. The highest BCUT2D eigenvalue weighted by Crippen LogP contribution is 2.57. The summed E-state index contributed by atoms with van der Waals surface area (Å²) in [5.74, 6) is 4.06. The summed E-state index contributed by atoms with van der Waals surface area (Å²) < 4.78 is 12.4. The molecule has 6 heteroatoms. The molecule has 2 aliphatic rings. The van der Waals surface area contributed by atoms with Crippen molar-refractivity contribution in [3.05, 3.63) is 239 Å². The molecule has 0 aliphatic carbocycles. The average molecular weight is 733 g/mol. The number of rotatable bonds is 4. The van der Waals surface area contributed by atoms with Crippen LogP contribution >= 0.6 is 0 Å². The lowest BCUT2D eigenvalue weighted by Crippen LogP contribution is -2.34. The van der Waals surface area contributed by atoms with Crippen LogP contribution in [0.25, 0.3) is 0 Å².